The fourth-order valence-electron chi connectivity index (χ4n) is 5.07. The summed E-state index contributed by atoms with van der Waals surface area (Å²) in [5.74, 6) is -1.62. The number of ether oxygens (including phenoxy) is 3. The van der Waals surface area contributed by atoms with E-state index < -0.39 is 48.5 Å². The van der Waals surface area contributed by atoms with Gasteiger partial charge in [-0.15, -0.1) is 0 Å². The SMILES string of the molecule is C=C(C(=O)OCC(=O)OCC(=O)OC1(C)C2CC3CC(C2)CC1C3)C(F)(F)F. The van der Waals surface area contributed by atoms with Gasteiger partial charge in [-0.2, -0.15) is 13.2 Å². The fourth-order valence-corrected chi connectivity index (χ4v) is 5.07. The van der Waals surface area contributed by atoms with E-state index in [4.69, 9.17) is 4.74 Å². The molecule has 0 N–H and O–H groups in total. The first-order valence-corrected chi connectivity index (χ1v) is 9.29. The summed E-state index contributed by atoms with van der Waals surface area (Å²) in [4.78, 5) is 34.8. The number of alkyl halides is 3. The van der Waals surface area contributed by atoms with E-state index >= 15 is 0 Å². The third-order valence-electron chi connectivity index (χ3n) is 6.35. The molecule has 4 saturated carbocycles. The fraction of sp³-hybridized carbons (Fsp3) is 0.737. The largest absolute Gasteiger partial charge is 0.456 e. The molecule has 0 aliphatic heterocycles. The molecule has 0 aromatic heterocycles. The van der Waals surface area contributed by atoms with Crippen LogP contribution in [0.1, 0.15) is 39.0 Å². The van der Waals surface area contributed by atoms with E-state index in [1.54, 1.807) is 0 Å². The second-order valence-corrected chi connectivity index (χ2v) is 8.18. The number of carbonyl (C=O) groups is 3. The number of esters is 3. The van der Waals surface area contributed by atoms with Crippen molar-refractivity contribution in [2.24, 2.45) is 23.7 Å². The number of carbonyl (C=O) groups excluding carboxylic acids is 3. The molecular formula is C19H23F3O6. The van der Waals surface area contributed by atoms with Crippen LogP contribution in [0.4, 0.5) is 13.2 Å². The Morgan fingerprint density at radius 1 is 0.929 bits per heavy atom. The van der Waals surface area contributed by atoms with Gasteiger partial charge in [-0.3, -0.25) is 0 Å². The summed E-state index contributed by atoms with van der Waals surface area (Å²) in [6.07, 6.45) is 0.462. The van der Waals surface area contributed by atoms with Gasteiger partial charge in [-0.1, -0.05) is 6.58 Å². The summed E-state index contributed by atoms with van der Waals surface area (Å²) >= 11 is 0. The number of rotatable bonds is 6. The van der Waals surface area contributed by atoms with E-state index in [-0.39, 0.29) is 0 Å². The van der Waals surface area contributed by atoms with E-state index in [0.717, 1.165) is 25.7 Å². The molecule has 9 heteroatoms. The lowest BCUT2D eigenvalue weighted by Gasteiger charge is -2.59. The van der Waals surface area contributed by atoms with Crippen LogP contribution >= 0.6 is 0 Å². The summed E-state index contributed by atoms with van der Waals surface area (Å²) in [7, 11) is 0. The second-order valence-electron chi connectivity index (χ2n) is 8.18. The molecule has 0 aromatic rings. The van der Waals surface area contributed by atoms with Gasteiger partial charge in [0, 0.05) is 0 Å². The van der Waals surface area contributed by atoms with Gasteiger partial charge in [0.2, 0.25) is 0 Å². The molecule has 4 fully saturated rings. The first kappa shape index (κ1) is 20.7. The molecule has 4 aliphatic carbocycles. The van der Waals surface area contributed by atoms with Gasteiger partial charge in [0.1, 0.15) is 11.2 Å². The smallest absolute Gasteiger partial charge is 0.422 e. The van der Waals surface area contributed by atoms with E-state index in [1.165, 1.54) is 6.42 Å². The van der Waals surface area contributed by atoms with Crippen molar-refractivity contribution in [3.05, 3.63) is 12.2 Å². The molecule has 0 atom stereocenters. The Labute approximate surface area is 160 Å². The summed E-state index contributed by atoms with van der Waals surface area (Å²) in [6, 6.07) is 0. The van der Waals surface area contributed by atoms with Gasteiger partial charge >= 0.3 is 24.1 Å². The third-order valence-corrected chi connectivity index (χ3v) is 6.35. The van der Waals surface area contributed by atoms with Gasteiger partial charge in [0.05, 0.1) is 0 Å². The van der Waals surface area contributed by atoms with Crippen LogP contribution in [0.3, 0.4) is 0 Å². The van der Waals surface area contributed by atoms with E-state index in [1.807, 2.05) is 6.92 Å². The van der Waals surface area contributed by atoms with Crippen LogP contribution in [-0.4, -0.2) is 42.9 Å². The standard InChI is InChI=1S/C19H23F3O6/c1-10(19(20,21)22)17(25)27-8-15(23)26-9-16(24)28-18(2)13-4-11-3-12(6-13)7-14(18)5-11/h11-14H,1,3-9H2,2H3. The molecule has 0 aromatic carbocycles. The van der Waals surface area contributed by atoms with E-state index in [0.29, 0.717) is 23.7 Å². The van der Waals surface area contributed by atoms with Crippen LogP contribution in [0.2, 0.25) is 0 Å². The predicted octanol–water partition coefficient (Wildman–Crippen LogP) is 2.95. The molecule has 6 nitrogen and oxygen atoms in total. The average molecular weight is 404 g/mol. The molecule has 0 amide bonds. The molecule has 4 bridgehead atoms. The zero-order valence-corrected chi connectivity index (χ0v) is 15.5. The number of hydrogen-bond acceptors (Lipinski definition) is 6. The van der Waals surface area contributed by atoms with Crippen LogP contribution < -0.4 is 0 Å². The first-order chi connectivity index (χ1) is 13.0. The maximum atomic E-state index is 12.3. The van der Waals surface area contributed by atoms with Gasteiger partial charge < -0.3 is 14.2 Å². The normalized spacial score (nSPS) is 33.3. The lowest BCUT2D eigenvalue weighted by atomic mass is 9.50. The molecule has 4 rings (SSSR count). The molecule has 156 valence electrons. The summed E-state index contributed by atoms with van der Waals surface area (Å²) < 4.78 is 51.4. The van der Waals surface area contributed by atoms with Gasteiger partial charge in [-0.05, 0) is 62.7 Å². The highest BCUT2D eigenvalue weighted by Gasteiger charge is 2.57. The highest BCUT2D eigenvalue weighted by molar-refractivity contribution is 5.90. The average Bonchev–Trinajstić information content (AvgIpc) is 2.60. The van der Waals surface area contributed by atoms with Gasteiger partial charge in [-0.25, -0.2) is 14.4 Å². The van der Waals surface area contributed by atoms with Crippen molar-refractivity contribution < 1.29 is 41.8 Å². The first-order valence-electron chi connectivity index (χ1n) is 9.29. The van der Waals surface area contributed by atoms with Crippen LogP contribution in [0, 0.1) is 23.7 Å². The molecule has 0 radical (unpaired) electrons. The zero-order valence-electron chi connectivity index (χ0n) is 15.5. The molecule has 0 heterocycles. The van der Waals surface area contributed by atoms with E-state index in [2.05, 4.69) is 16.1 Å². The van der Waals surface area contributed by atoms with Crippen molar-refractivity contribution in [3.63, 3.8) is 0 Å². The summed E-state index contributed by atoms with van der Waals surface area (Å²) in [6.45, 7) is 2.77. The Hall–Kier alpha value is -2.06. The third kappa shape index (κ3) is 4.17. The van der Waals surface area contributed by atoms with Crippen LogP contribution in [-0.2, 0) is 28.6 Å². The quantitative estimate of drug-likeness (QED) is 0.385. The number of hydrogen-bond donors (Lipinski definition) is 0. The minimum Gasteiger partial charge on any atom is -0.456 e. The minimum absolute atomic E-state index is 0.303. The minimum atomic E-state index is -4.95. The lowest BCUT2D eigenvalue weighted by Crippen LogP contribution is -2.58. The Morgan fingerprint density at radius 3 is 1.93 bits per heavy atom. The van der Waals surface area contributed by atoms with Gasteiger partial charge in [0.25, 0.3) is 0 Å². The molecular weight excluding hydrogens is 381 g/mol. The van der Waals surface area contributed by atoms with Crippen LogP contribution in [0.15, 0.2) is 12.2 Å². The van der Waals surface area contributed by atoms with E-state index in [9.17, 15) is 27.6 Å². The maximum Gasteiger partial charge on any atom is 0.422 e. The molecule has 0 unspecified atom stereocenters. The maximum absolute atomic E-state index is 12.3. The Bertz CT molecular complexity index is 656. The van der Waals surface area contributed by atoms with Crippen molar-refractivity contribution in [2.75, 3.05) is 13.2 Å². The van der Waals surface area contributed by atoms with Crippen LogP contribution in [0.25, 0.3) is 0 Å². The molecule has 28 heavy (non-hydrogen) atoms. The van der Waals surface area contributed by atoms with Crippen molar-refractivity contribution in [1.82, 2.24) is 0 Å². The van der Waals surface area contributed by atoms with Crippen molar-refractivity contribution in [3.8, 4) is 0 Å². The van der Waals surface area contributed by atoms with Crippen LogP contribution in [0.5, 0.6) is 0 Å². The van der Waals surface area contributed by atoms with Crippen molar-refractivity contribution >= 4 is 17.9 Å². The molecule has 4 aliphatic rings. The Balaban J connectivity index is 1.43. The zero-order chi connectivity index (χ0) is 20.7. The predicted molar refractivity (Wildman–Crippen MR) is 88.7 cm³/mol. The lowest BCUT2D eigenvalue weighted by molar-refractivity contribution is -0.207. The number of halogens is 3. The molecule has 0 spiro atoms. The van der Waals surface area contributed by atoms with Crippen molar-refractivity contribution in [1.29, 1.82) is 0 Å². The topological polar surface area (TPSA) is 78.9 Å². The van der Waals surface area contributed by atoms with Gasteiger partial charge in [0.15, 0.2) is 13.2 Å². The highest BCUT2D eigenvalue weighted by atomic mass is 19.4. The van der Waals surface area contributed by atoms with Crippen molar-refractivity contribution in [2.45, 2.75) is 50.8 Å². The summed E-state index contributed by atoms with van der Waals surface area (Å²) in [5.41, 5.74) is -2.30. The molecule has 0 saturated heterocycles. The monoisotopic (exact) mass is 404 g/mol. The second kappa shape index (κ2) is 7.40. The highest BCUT2D eigenvalue weighted by Crippen LogP contribution is 2.59. The summed E-state index contributed by atoms with van der Waals surface area (Å²) in [5, 5.41) is 0. The Kier molecular flexibility index (Phi) is 5.46. The Morgan fingerprint density at radius 2 is 1.43 bits per heavy atom.